The Morgan fingerprint density at radius 3 is 1.40 bits per heavy atom. The van der Waals surface area contributed by atoms with Gasteiger partial charge >= 0.3 is 259 Å². The van der Waals surface area contributed by atoms with Crippen molar-refractivity contribution in [1.29, 1.82) is 0 Å². The van der Waals surface area contributed by atoms with Crippen LogP contribution in [0.1, 0.15) is 119 Å². The van der Waals surface area contributed by atoms with E-state index in [9.17, 15) is 17.0 Å². The number of allylic oxidation sites excluding steroid dienone is 4. The van der Waals surface area contributed by atoms with E-state index in [0.717, 1.165) is 8.26 Å². The van der Waals surface area contributed by atoms with Crippen molar-refractivity contribution in [3.05, 3.63) is 83.0 Å². The van der Waals surface area contributed by atoms with Gasteiger partial charge in [-0.15, -0.1) is 0 Å². The summed E-state index contributed by atoms with van der Waals surface area (Å²) in [6, 6.07) is 14.5. The molecule has 0 atom stereocenters. The van der Waals surface area contributed by atoms with Gasteiger partial charge in [0.05, 0.1) is 0 Å². The first-order chi connectivity index (χ1) is 19.4. The van der Waals surface area contributed by atoms with Crippen molar-refractivity contribution in [1.82, 2.24) is 0 Å². The third-order valence-corrected chi connectivity index (χ3v) is 44.3. The molecule has 0 amide bonds. The summed E-state index contributed by atoms with van der Waals surface area (Å²) >= 11 is -6.30. The molecular weight excluding hydrogens is 631 g/mol. The van der Waals surface area contributed by atoms with Crippen LogP contribution in [0.25, 0.3) is 11.1 Å². The van der Waals surface area contributed by atoms with Crippen molar-refractivity contribution in [3.8, 4) is 11.1 Å². The molecule has 6 rings (SSSR count). The molecule has 4 aliphatic carbocycles. The minimum atomic E-state index is -6.30. The Morgan fingerprint density at radius 2 is 1.05 bits per heavy atom. The van der Waals surface area contributed by atoms with Crippen molar-refractivity contribution in [2.24, 2.45) is 11.8 Å². The normalized spacial score (nSPS) is 23.1. The molecule has 0 aromatic heterocycles. The molecule has 0 radical (unpaired) electrons. The first-order valence-corrected chi connectivity index (χ1v) is 31.3. The van der Waals surface area contributed by atoms with Crippen LogP contribution in [0.15, 0.2) is 60.7 Å². The summed E-state index contributed by atoms with van der Waals surface area (Å²) in [6.45, 7) is 13.9. The number of halogens is 2. The van der Waals surface area contributed by atoms with Gasteiger partial charge in [0.2, 0.25) is 0 Å². The zero-order valence-electron chi connectivity index (χ0n) is 27.1. The number of hydrogen-bond acceptors (Lipinski definition) is 0. The summed E-state index contributed by atoms with van der Waals surface area (Å²) in [4.78, 5) is 0. The third-order valence-electron chi connectivity index (χ3n) is 12.5. The van der Waals surface area contributed by atoms with Gasteiger partial charge in [-0.3, -0.25) is 0 Å². The van der Waals surface area contributed by atoms with Crippen molar-refractivity contribution >= 4 is 21.2 Å². The molecule has 228 valence electrons. The van der Waals surface area contributed by atoms with Gasteiger partial charge in [-0.2, -0.15) is 0 Å². The van der Waals surface area contributed by atoms with Crippen LogP contribution in [-0.4, -0.2) is 4.21 Å². The summed E-state index contributed by atoms with van der Waals surface area (Å²) in [7, 11) is 18.4. The Morgan fingerprint density at radius 1 is 0.667 bits per heavy atom. The fourth-order valence-corrected chi connectivity index (χ4v) is 45.7. The Hall–Kier alpha value is -0.747. The molecule has 3 heteroatoms. The zero-order chi connectivity index (χ0) is 30.3. The summed E-state index contributed by atoms with van der Waals surface area (Å²) in [5.74, 6) is 1.07. The molecule has 0 N–H and O–H groups in total. The number of benzene rings is 2. The molecule has 2 aromatic rings. The van der Waals surface area contributed by atoms with Gasteiger partial charge in [0.25, 0.3) is 0 Å². The molecule has 2 saturated carbocycles. The van der Waals surface area contributed by atoms with Crippen LogP contribution in [-0.2, 0) is 23.8 Å². The third kappa shape index (κ3) is 4.73. The number of rotatable bonds is 6. The van der Waals surface area contributed by atoms with Gasteiger partial charge in [-0.1, -0.05) is 0 Å². The second kappa shape index (κ2) is 9.17. The molecule has 0 saturated heterocycles. The monoisotopic (exact) mass is 682 g/mol. The maximum atomic E-state index is 9.21. The Kier molecular flexibility index (Phi) is 6.82. The van der Waals surface area contributed by atoms with Crippen LogP contribution in [0.5, 0.6) is 0 Å². The topological polar surface area (TPSA) is 0 Å². The summed E-state index contributed by atoms with van der Waals surface area (Å²) in [5, 5.41) is 0. The van der Waals surface area contributed by atoms with Gasteiger partial charge in [-0.25, -0.2) is 0 Å². The number of hydrogen-bond donors (Lipinski definition) is 0. The van der Waals surface area contributed by atoms with Crippen molar-refractivity contribution in [2.45, 2.75) is 119 Å². The van der Waals surface area contributed by atoms with Crippen molar-refractivity contribution < 1.29 is 12.9 Å². The predicted octanol–water partition coefficient (Wildman–Crippen LogP) is 13.0. The van der Waals surface area contributed by atoms with Crippen LogP contribution in [0, 0.1) is 11.8 Å². The van der Waals surface area contributed by atoms with Crippen LogP contribution in [0.4, 0.5) is 0 Å². The standard InChI is InChI=1S/C21H25.2C6H11.C5H5.CH2.2ClH.Zr/c1-20(2,3)16-7-9-18-14(12-16)11-15-13-17(21(4,5)6)8-10-19(15)18;2*1-6-4-2-3-5-6;1-2-4-5-3-1;;;;/h7-13H,1-6H3;2*6H,1-5H2;1-5H;1H2;2*1H;/q;;;;;;;+2/p-2. The van der Waals surface area contributed by atoms with E-state index in [0.29, 0.717) is 11.8 Å². The van der Waals surface area contributed by atoms with E-state index in [4.69, 9.17) is 4.21 Å². The fourth-order valence-electron chi connectivity index (χ4n) is 10.5. The van der Waals surface area contributed by atoms with Crippen LogP contribution in [0.3, 0.4) is 0 Å². The van der Waals surface area contributed by atoms with Crippen molar-refractivity contribution in [2.75, 3.05) is 0 Å². The van der Waals surface area contributed by atoms with Crippen LogP contribution in [0.2, 0.25) is 11.9 Å². The molecule has 4 aliphatic rings. The number of fused-ring (bicyclic) bond motifs is 3. The zero-order valence-corrected chi connectivity index (χ0v) is 31.1. The minimum absolute atomic E-state index is 0.0216. The second-order valence-corrected chi connectivity index (χ2v) is 58.1. The molecule has 2 fully saturated rings. The Labute approximate surface area is 257 Å². The maximum absolute atomic E-state index is 9.21. The quantitative estimate of drug-likeness (QED) is 0.284. The molecule has 0 spiro atoms. The van der Waals surface area contributed by atoms with E-state index in [1.807, 2.05) is 0 Å². The molecule has 0 aliphatic heterocycles. The summed E-state index contributed by atoms with van der Waals surface area (Å²) in [5.41, 5.74) is 8.13. The average molecular weight is 685 g/mol. The molecular formula is C39H54Cl2Zr. The van der Waals surface area contributed by atoms with E-state index in [-0.39, 0.29) is 18.1 Å². The average Bonchev–Trinajstić information content (AvgIpc) is 3.69. The van der Waals surface area contributed by atoms with Gasteiger partial charge in [-0.05, 0) is 0 Å². The Bertz CT molecular complexity index is 1500. The first-order valence-electron chi connectivity index (χ1n) is 16.9. The fraction of sp³-hybridized carbons (Fsp3) is 0.564. The predicted molar refractivity (Wildman–Crippen MR) is 186 cm³/mol. The SMILES string of the molecule is [CH2]=[Zr]([Cl])([Cl])([CH2]C1CCCC1)([CH2]C1CCCC1)([CH]1C=CC=C1)[CH]1c2cc(C(C)(C)C)ccc2-c2ccc(C(C)(C)C)cc21. The van der Waals surface area contributed by atoms with Crippen LogP contribution >= 0.6 is 17.0 Å². The van der Waals surface area contributed by atoms with Gasteiger partial charge in [0, 0.05) is 0 Å². The van der Waals surface area contributed by atoms with Gasteiger partial charge in [0.1, 0.15) is 0 Å². The first kappa shape index (κ1) is 31.2. The summed E-state index contributed by atoms with van der Waals surface area (Å²) in [6.07, 6.45) is 19.2. The van der Waals surface area contributed by atoms with E-state index in [1.165, 1.54) is 84.7 Å². The molecule has 0 bridgehead atoms. The van der Waals surface area contributed by atoms with E-state index in [2.05, 4.69) is 102 Å². The van der Waals surface area contributed by atoms with Crippen LogP contribution < -0.4 is 0 Å². The molecule has 0 nitrogen and oxygen atoms in total. The van der Waals surface area contributed by atoms with E-state index < -0.39 is 12.9 Å². The van der Waals surface area contributed by atoms with Gasteiger partial charge < -0.3 is 0 Å². The van der Waals surface area contributed by atoms with Gasteiger partial charge in [0.15, 0.2) is 0 Å². The second-order valence-electron chi connectivity index (χ2n) is 18.0. The molecule has 0 heterocycles. The molecule has 42 heavy (non-hydrogen) atoms. The summed E-state index contributed by atoms with van der Waals surface area (Å²) < 4.78 is 7.33. The van der Waals surface area contributed by atoms with E-state index >= 15 is 0 Å². The molecule has 2 aromatic carbocycles. The Balaban J connectivity index is 1.76. The van der Waals surface area contributed by atoms with Crippen molar-refractivity contribution in [3.63, 3.8) is 0 Å². The molecule has 0 unspecified atom stereocenters. The van der Waals surface area contributed by atoms with E-state index in [1.54, 1.807) is 0 Å².